The highest BCUT2D eigenvalue weighted by Crippen LogP contribution is 2.36. The van der Waals surface area contributed by atoms with Crippen molar-refractivity contribution in [2.24, 2.45) is 7.05 Å². The lowest BCUT2D eigenvalue weighted by Crippen LogP contribution is -2.16. The third-order valence-corrected chi connectivity index (χ3v) is 6.29. The van der Waals surface area contributed by atoms with E-state index in [1.54, 1.807) is 25.2 Å². The lowest BCUT2D eigenvalue weighted by atomic mass is 10.0. The molecule has 2 aromatic heterocycles. The van der Waals surface area contributed by atoms with E-state index in [0.29, 0.717) is 17.7 Å². The molecule has 10 heteroatoms. The summed E-state index contributed by atoms with van der Waals surface area (Å²) in [7, 11) is -2.36. The summed E-state index contributed by atoms with van der Waals surface area (Å²) >= 11 is 0. The normalized spacial score (nSPS) is 11.4. The van der Waals surface area contributed by atoms with Crippen LogP contribution in [0, 0.1) is 6.92 Å². The number of hydrogen-bond acceptors (Lipinski definition) is 7. The number of aryl methyl sites for hydroxylation is 2. The van der Waals surface area contributed by atoms with Gasteiger partial charge in [0.25, 0.3) is 10.0 Å². The van der Waals surface area contributed by atoms with Crippen LogP contribution >= 0.6 is 0 Å². The molecule has 0 atom stereocenters. The van der Waals surface area contributed by atoms with Crippen molar-refractivity contribution < 1.29 is 18.3 Å². The molecule has 2 aromatic carbocycles. The van der Waals surface area contributed by atoms with E-state index >= 15 is 0 Å². The first-order valence-electron chi connectivity index (χ1n) is 10.2. The Hall–Kier alpha value is -3.92. The third kappa shape index (κ3) is 4.65. The molecule has 0 aliphatic rings. The summed E-state index contributed by atoms with van der Waals surface area (Å²) in [4.78, 5) is 8.88. The van der Waals surface area contributed by atoms with Crippen molar-refractivity contribution in [2.75, 3.05) is 4.72 Å². The standard InChI is InChI=1S/C23H23N5O4S/c1-4-17-21(18-10-6-5-9-15(18)2)25-23(27-33(30,31)16-13-24-28(3)14-16)26-22(17)32-20-12-8-7-11-19(20)29/h5-14,29H,4H2,1-3H3,(H,25,26,27). The molecule has 0 saturated heterocycles. The molecule has 9 nitrogen and oxygen atoms in total. The van der Waals surface area contributed by atoms with Crippen LogP contribution in [0.5, 0.6) is 17.4 Å². The maximum atomic E-state index is 12.9. The van der Waals surface area contributed by atoms with Gasteiger partial charge in [0.05, 0.1) is 11.9 Å². The van der Waals surface area contributed by atoms with Gasteiger partial charge in [0.1, 0.15) is 4.90 Å². The largest absolute Gasteiger partial charge is 0.504 e. The Balaban J connectivity index is 1.87. The first kappa shape index (κ1) is 22.3. The van der Waals surface area contributed by atoms with Crippen LogP contribution in [0.1, 0.15) is 18.1 Å². The van der Waals surface area contributed by atoms with Crippen LogP contribution in [-0.2, 0) is 23.5 Å². The minimum Gasteiger partial charge on any atom is -0.504 e. The minimum atomic E-state index is -3.98. The number of benzene rings is 2. The number of aromatic hydroxyl groups is 1. The van der Waals surface area contributed by atoms with Crippen LogP contribution < -0.4 is 9.46 Å². The van der Waals surface area contributed by atoms with Crippen molar-refractivity contribution in [2.45, 2.75) is 25.2 Å². The quantitative estimate of drug-likeness (QED) is 0.423. The van der Waals surface area contributed by atoms with Gasteiger partial charge in [-0.15, -0.1) is 0 Å². The number of sulfonamides is 1. The fourth-order valence-corrected chi connectivity index (χ4v) is 4.26. The van der Waals surface area contributed by atoms with E-state index in [1.807, 2.05) is 38.1 Å². The predicted molar refractivity (Wildman–Crippen MR) is 124 cm³/mol. The van der Waals surface area contributed by atoms with Gasteiger partial charge in [-0.25, -0.2) is 18.1 Å². The second-order valence-electron chi connectivity index (χ2n) is 7.37. The SMILES string of the molecule is CCc1c(Oc2ccccc2O)nc(NS(=O)(=O)c2cnn(C)c2)nc1-c1ccccc1C. The summed E-state index contributed by atoms with van der Waals surface area (Å²) in [5, 5.41) is 14.1. The van der Waals surface area contributed by atoms with E-state index in [2.05, 4.69) is 19.8 Å². The Morgan fingerprint density at radius 3 is 2.48 bits per heavy atom. The molecule has 2 N–H and O–H groups in total. The van der Waals surface area contributed by atoms with Crippen molar-refractivity contribution in [3.8, 4) is 28.6 Å². The van der Waals surface area contributed by atoms with Crippen molar-refractivity contribution in [1.29, 1.82) is 0 Å². The topological polar surface area (TPSA) is 119 Å². The van der Waals surface area contributed by atoms with Gasteiger partial charge in [0.15, 0.2) is 11.5 Å². The molecule has 0 radical (unpaired) electrons. The average molecular weight is 466 g/mol. The number of ether oxygens (including phenoxy) is 1. The maximum Gasteiger partial charge on any atom is 0.267 e. The molecule has 4 rings (SSSR count). The smallest absolute Gasteiger partial charge is 0.267 e. The fourth-order valence-electron chi connectivity index (χ4n) is 3.34. The number of hydrogen-bond donors (Lipinski definition) is 2. The molecule has 0 fully saturated rings. The van der Waals surface area contributed by atoms with Gasteiger partial charge in [0, 0.05) is 24.4 Å². The molecule has 0 saturated carbocycles. The van der Waals surface area contributed by atoms with Gasteiger partial charge in [-0.2, -0.15) is 10.1 Å². The van der Waals surface area contributed by atoms with Crippen LogP contribution in [0.25, 0.3) is 11.3 Å². The highest BCUT2D eigenvalue weighted by Gasteiger charge is 2.23. The summed E-state index contributed by atoms with van der Waals surface area (Å²) in [6.45, 7) is 3.87. The third-order valence-electron chi connectivity index (χ3n) is 5.01. The predicted octanol–water partition coefficient (Wildman–Crippen LogP) is 4.05. The van der Waals surface area contributed by atoms with Crippen LogP contribution in [0.2, 0.25) is 0 Å². The lowest BCUT2D eigenvalue weighted by Gasteiger charge is -2.17. The van der Waals surface area contributed by atoms with Gasteiger partial charge in [-0.3, -0.25) is 4.68 Å². The molecular weight excluding hydrogens is 442 g/mol. The Morgan fingerprint density at radius 1 is 1.09 bits per heavy atom. The number of rotatable bonds is 7. The Labute approximate surface area is 191 Å². The second-order valence-corrected chi connectivity index (χ2v) is 9.06. The van der Waals surface area contributed by atoms with Crippen LogP contribution in [0.3, 0.4) is 0 Å². The van der Waals surface area contributed by atoms with Crippen molar-refractivity contribution in [3.05, 3.63) is 72.1 Å². The molecule has 0 spiro atoms. The highest BCUT2D eigenvalue weighted by atomic mass is 32.2. The van der Waals surface area contributed by atoms with Crippen molar-refractivity contribution in [3.63, 3.8) is 0 Å². The van der Waals surface area contributed by atoms with Crippen LogP contribution in [0.4, 0.5) is 5.95 Å². The summed E-state index contributed by atoms with van der Waals surface area (Å²) < 4.78 is 35.5. The van der Waals surface area contributed by atoms with Crippen LogP contribution in [-0.4, -0.2) is 33.3 Å². The fraction of sp³-hybridized carbons (Fsp3) is 0.174. The first-order valence-corrected chi connectivity index (χ1v) is 11.7. The summed E-state index contributed by atoms with van der Waals surface area (Å²) in [6.07, 6.45) is 3.14. The van der Waals surface area contributed by atoms with Crippen molar-refractivity contribution >= 4 is 16.0 Å². The minimum absolute atomic E-state index is 0.0196. The zero-order valence-corrected chi connectivity index (χ0v) is 19.2. The summed E-state index contributed by atoms with van der Waals surface area (Å²) in [5.41, 5.74) is 3.00. The van der Waals surface area contributed by atoms with Gasteiger partial charge >= 0.3 is 0 Å². The van der Waals surface area contributed by atoms with Gasteiger partial charge < -0.3 is 9.84 Å². The van der Waals surface area contributed by atoms with E-state index < -0.39 is 10.0 Å². The zero-order valence-electron chi connectivity index (χ0n) is 18.3. The Kier molecular flexibility index (Phi) is 6.01. The lowest BCUT2D eigenvalue weighted by molar-refractivity contribution is 0.400. The second kappa shape index (κ2) is 8.91. The molecule has 0 amide bonds. The monoisotopic (exact) mass is 465 g/mol. The maximum absolute atomic E-state index is 12.9. The molecule has 170 valence electrons. The molecule has 2 heterocycles. The number of aromatic nitrogens is 4. The molecule has 0 aliphatic heterocycles. The Bertz CT molecular complexity index is 1420. The van der Waals surface area contributed by atoms with Gasteiger partial charge in [-0.05, 0) is 31.0 Å². The van der Waals surface area contributed by atoms with E-state index in [9.17, 15) is 13.5 Å². The van der Waals surface area contributed by atoms with Crippen LogP contribution in [0.15, 0.2) is 65.8 Å². The Morgan fingerprint density at radius 2 is 1.82 bits per heavy atom. The summed E-state index contributed by atoms with van der Waals surface area (Å²) in [5.74, 6) is 0.131. The van der Waals surface area contributed by atoms with E-state index in [4.69, 9.17) is 4.74 Å². The van der Waals surface area contributed by atoms with Gasteiger partial charge in [-0.1, -0.05) is 43.3 Å². The molecule has 0 aliphatic carbocycles. The number of phenols is 1. The number of nitrogens with zero attached hydrogens (tertiary/aromatic N) is 4. The number of phenolic OH excluding ortho intramolecular Hbond substituents is 1. The van der Waals surface area contributed by atoms with E-state index in [0.717, 1.165) is 11.1 Å². The molecular formula is C23H23N5O4S. The van der Waals surface area contributed by atoms with Gasteiger partial charge in [0.2, 0.25) is 11.8 Å². The number of para-hydroxylation sites is 2. The molecule has 4 aromatic rings. The molecule has 0 bridgehead atoms. The summed E-state index contributed by atoms with van der Waals surface area (Å²) in [6, 6.07) is 14.1. The molecule has 33 heavy (non-hydrogen) atoms. The van der Waals surface area contributed by atoms with E-state index in [-0.39, 0.29) is 28.2 Å². The average Bonchev–Trinajstić information content (AvgIpc) is 3.23. The van der Waals surface area contributed by atoms with Crippen molar-refractivity contribution in [1.82, 2.24) is 19.7 Å². The van der Waals surface area contributed by atoms with E-state index in [1.165, 1.54) is 23.1 Å². The molecule has 0 unspecified atom stereocenters. The first-order chi connectivity index (χ1) is 15.8. The number of anilines is 1. The number of nitrogens with one attached hydrogen (secondary N) is 1. The highest BCUT2D eigenvalue weighted by molar-refractivity contribution is 7.92. The zero-order chi connectivity index (χ0) is 23.6.